The summed E-state index contributed by atoms with van der Waals surface area (Å²) in [7, 11) is 0. The summed E-state index contributed by atoms with van der Waals surface area (Å²) in [4.78, 5) is 0. The average Bonchev–Trinajstić information content (AvgIpc) is 2.33. The summed E-state index contributed by atoms with van der Waals surface area (Å²) in [6.45, 7) is 0. The summed E-state index contributed by atoms with van der Waals surface area (Å²) in [5.74, 6) is 0. The summed E-state index contributed by atoms with van der Waals surface area (Å²) in [5, 5.41) is 0. The first-order valence-corrected chi connectivity index (χ1v) is 5.40. The smallest absolute Gasteiger partial charge is 0.0497 e. The Morgan fingerprint density at radius 2 is 2.44 bits per heavy atom. The SMILES string of the molecule is C1=CC2=C(CCC2)N=I1. The zero-order valence-electron chi connectivity index (χ0n) is 5.10. The van der Waals surface area contributed by atoms with Crippen molar-refractivity contribution in [3.05, 3.63) is 21.4 Å². The van der Waals surface area contributed by atoms with Gasteiger partial charge in [-0.3, -0.25) is 0 Å². The monoisotopic (exact) mass is 233 g/mol. The van der Waals surface area contributed by atoms with Crippen LogP contribution >= 0.6 is 21.0 Å². The highest BCUT2D eigenvalue weighted by atomic mass is 127. The van der Waals surface area contributed by atoms with E-state index in [2.05, 4.69) is 13.3 Å². The van der Waals surface area contributed by atoms with Crippen molar-refractivity contribution in [2.45, 2.75) is 19.3 Å². The van der Waals surface area contributed by atoms with Crippen molar-refractivity contribution < 1.29 is 0 Å². The van der Waals surface area contributed by atoms with Crippen LogP contribution in [0.15, 0.2) is 24.6 Å². The van der Waals surface area contributed by atoms with Gasteiger partial charge in [0.15, 0.2) is 0 Å². The number of halogens is 1. The van der Waals surface area contributed by atoms with Gasteiger partial charge in [-0.25, -0.2) is 3.15 Å². The third-order valence-corrected chi connectivity index (χ3v) is 3.24. The summed E-state index contributed by atoms with van der Waals surface area (Å²) >= 11 is 0.0675. The minimum Gasteiger partial charge on any atom is -0.227 e. The van der Waals surface area contributed by atoms with E-state index in [1.165, 1.54) is 30.5 Å². The second-order valence-electron chi connectivity index (χ2n) is 2.30. The molecular formula is C7H8IN. The van der Waals surface area contributed by atoms with Crippen LogP contribution in [0.25, 0.3) is 0 Å². The van der Waals surface area contributed by atoms with E-state index in [-0.39, 0.29) is 21.0 Å². The van der Waals surface area contributed by atoms with Crippen molar-refractivity contribution in [2.24, 2.45) is 3.15 Å². The maximum absolute atomic E-state index is 4.49. The first kappa shape index (κ1) is 5.77. The van der Waals surface area contributed by atoms with Crippen LogP contribution in [0.2, 0.25) is 0 Å². The molecular weight excluding hydrogens is 225 g/mol. The van der Waals surface area contributed by atoms with E-state index >= 15 is 0 Å². The van der Waals surface area contributed by atoms with Crippen LogP contribution in [-0.2, 0) is 0 Å². The lowest BCUT2D eigenvalue weighted by atomic mass is 10.2. The summed E-state index contributed by atoms with van der Waals surface area (Å²) in [6, 6.07) is 0. The summed E-state index contributed by atoms with van der Waals surface area (Å²) in [5.41, 5.74) is 2.94. The maximum atomic E-state index is 4.49. The molecule has 0 aromatic rings. The molecule has 0 amide bonds. The summed E-state index contributed by atoms with van der Waals surface area (Å²) < 4.78 is 6.75. The Morgan fingerprint density at radius 1 is 1.44 bits per heavy atom. The van der Waals surface area contributed by atoms with Gasteiger partial charge in [0.05, 0.1) is 0 Å². The van der Waals surface area contributed by atoms with Crippen LogP contribution in [-0.4, -0.2) is 0 Å². The van der Waals surface area contributed by atoms with Gasteiger partial charge < -0.3 is 0 Å². The average molecular weight is 233 g/mol. The number of hydrogen-bond acceptors (Lipinski definition) is 1. The predicted octanol–water partition coefficient (Wildman–Crippen LogP) is 3.11. The Kier molecular flexibility index (Phi) is 1.49. The molecule has 1 aliphatic heterocycles. The van der Waals surface area contributed by atoms with Gasteiger partial charge in [-0.1, -0.05) is 6.08 Å². The molecule has 0 spiro atoms. The lowest BCUT2D eigenvalue weighted by Crippen LogP contribution is -1.74. The van der Waals surface area contributed by atoms with E-state index in [0.717, 1.165) is 0 Å². The van der Waals surface area contributed by atoms with E-state index in [4.69, 9.17) is 0 Å². The van der Waals surface area contributed by atoms with E-state index in [1.807, 2.05) is 0 Å². The molecule has 0 N–H and O–H groups in total. The fraction of sp³-hybridized carbons (Fsp3) is 0.429. The fourth-order valence-electron chi connectivity index (χ4n) is 1.22. The van der Waals surface area contributed by atoms with E-state index in [1.54, 1.807) is 0 Å². The van der Waals surface area contributed by atoms with Gasteiger partial charge in [0.2, 0.25) is 0 Å². The minimum atomic E-state index is 0.0675. The molecule has 0 aromatic carbocycles. The van der Waals surface area contributed by atoms with Gasteiger partial charge in [0.1, 0.15) is 0 Å². The Labute approximate surface area is 65.0 Å². The fourth-order valence-corrected chi connectivity index (χ4v) is 2.86. The standard InChI is InChI=1S/C7H8IN/c1-2-6-4-5-8-9-7(6)3-1/h4-5H,1-3H2. The zero-order valence-corrected chi connectivity index (χ0v) is 7.26. The van der Waals surface area contributed by atoms with Crippen LogP contribution < -0.4 is 0 Å². The van der Waals surface area contributed by atoms with Crippen LogP contribution in [0.1, 0.15) is 19.3 Å². The first-order chi connectivity index (χ1) is 4.47. The van der Waals surface area contributed by atoms with Crippen LogP contribution in [0.3, 0.4) is 0 Å². The topological polar surface area (TPSA) is 12.4 Å². The molecule has 0 saturated heterocycles. The van der Waals surface area contributed by atoms with E-state index < -0.39 is 0 Å². The predicted molar refractivity (Wildman–Crippen MR) is 46.5 cm³/mol. The molecule has 0 saturated carbocycles. The number of allylic oxidation sites excluding steroid dienone is 3. The normalized spacial score (nSPS) is 24.0. The van der Waals surface area contributed by atoms with E-state index in [9.17, 15) is 0 Å². The molecule has 0 aromatic heterocycles. The molecule has 2 heteroatoms. The Balaban J connectivity index is 2.41. The molecule has 0 radical (unpaired) electrons. The first-order valence-electron chi connectivity index (χ1n) is 3.19. The van der Waals surface area contributed by atoms with Crippen molar-refractivity contribution in [1.82, 2.24) is 0 Å². The molecule has 0 fully saturated rings. The Hall–Kier alpha value is 0.0100. The summed E-state index contributed by atoms with van der Waals surface area (Å²) in [6.07, 6.45) is 6.14. The van der Waals surface area contributed by atoms with Gasteiger partial charge in [0.25, 0.3) is 0 Å². The second kappa shape index (κ2) is 2.33. The highest BCUT2D eigenvalue weighted by Crippen LogP contribution is 2.33. The van der Waals surface area contributed by atoms with Gasteiger partial charge in [-0.15, -0.1) is 0 Å². The largest absolute Gasteiger partial charge is 0.227 e. The lowest BCUT2D eigenvalue weighted by Gasteiger charge is -1.97. The quantitative estimate of drug-likeness (QED) is 0.570. The van der Waals surface area contributed by atoms with Crippen molar-refractivity contribution in [1.29, 1.82) is 0 Å². The van der Waals surface area contributed by atoms with Crippen LogP contribution in [0, 0.1) is 0 Å². The molecule has 0 unspecified atom stereocenters. The van der Waals surface area contributed by atoms with Crippen molar-refractivity contribution in [2.75, 3.05) is 0 Å². The molecule has 9 heavy (non-hydrogen) atoms. The van der Waals surface area contributed by atoms with Gasteiger partial charge >= 0.3 is 0 Å². The van der Waals surface area contributed by atoms with Gasteiger partial charge in [-0.05, 0) is 28.9 Å². The van der Waals surface area contributed by atoms with E-state index in [0.29, 0.717) is 0 Å². The van der Waals surface area contributed by atoms with Gasteiger partial charge in [-0.2, -0.15) is 0 Å². The number of rotatable bonds is 0. The molecule has 0 bridgehead atoms. The molecule has 0 atom stereocenters. The third-order valence-electron chi connectivity index (χ3n) is 1.70. The molecule has 1 heterocycles. The van der Waals surface area contributed by atoms with Crippen molar-refractivity contribution in [3.8, 4) is 0 Å². The molecule has 2 aliphatic rings. The number of hydrogen-bond donors (Lipinski definition) is 0. The highest BCUT2D eigenvalue weighted by molar-refractivity contribution is 14.2. The molecule has 48 valence electrons. The Morgan fingerprint density at radius 3 is 3.33 bits per heavy atom. The van der Waals surface area contributed by atoms with Crippen molar-refractivity contribution >= 4 is 21.0 Å². The lowest BCUT2D eigenvalue weighted by molar-refractivity contribution is 0.897. The second-order valence-corrected chi connectivity index (χ2v) is 4.06. The van der Waals surface area contributed by atoms with Crippen molar-refractivity contribution in [3.63, 3.8) is 0 Å². The minimum absolute atomic E-state index is 0.0675. The molecule has 2 rings (SSSR count). The molecule has 1 aliphatic carbocycles. The highest BCUT2D eigenvalue weighted by Gasteiger charge is 2.12. The van der Waals surface area contributed by atoms with Crippen LogP contribution in [0.4, 0.5) is 0 Å². The Bertz CT molecular complexity index is 191. The third kappa shape index (κ3) is 1.000. The van der Waals surface area contributed by atoms with Crippen LogP contribution in [0.5, 0.6) is 0 Å². The molecule has 1 nitrogen and oxygen atoms in total. The zero-order chi connectivity index (χ0) is 6.10. The maximum Gasteiger partial charge on any atom is 0.0497 e. The van der Waals surface area contributed by atoms with Gasteiger partial charge in [0, 0.05) is 26.7 Å². The number of nitrogens with zero attached hydrogens (tertiary/aromatic N) is 1.